The van der Waals surface area contributed by atoms with Crippen molar-refractivity contribution in [3.63, 3.8) is 0 Å². The molecule has 1 N–H and O–H groups in total. The molecule has 3 aromatic heterocycles. The molecule has 0 radical (unpaired) electrons. The highest BCUT2D eigenvalue weighted by atomic mass is 16.4. The number of nitrogens with one attached hydrogen (secondary N) is 1. The molecule has 0 bridgehead atoms. The summed E-state index contributed by atoms with van der Waals surface area (Å²) >= 11 is 0. The topological polar surface area (TPSA) is 94.3 Å². The van der Waals surface area contributed by atoms with Crippen LogP contribution >= 0.6 is 0 Å². The van der Waals surface area contributed by atoms with Crippen molar-refractivity contribution in [2.24, 2.45) is 0 Å². The largest absolute Gasteiger partial charge is 0.466 e. The summed E-state index contributed by atoms with van der Waals surface area (Å²) in [6.45, 7) is 3.63. The molecule has 3 rings (SSSR count). The van der Waals surface area contributed by atoms with E-state index in [1.165, 1.54) is 12.3 Å². The molecule has 0 aliphatic heterocycles. The third-order valence-electron chi connectivity index (χ3n) is 2.66. The van der Waals surface area contributed by atoms with Crippen LogP contribution in [0.3, 0.4) is 0 Å². The van der Waals surface area contributed by atoms with E-state index in [9.17, 15) is 4.79 Å². The van der Waals surface area contributed by atoms with E-state index in [1.54, 1.807) is 19.1 Å². The van der Waals surface area contributed by atoms with E-state index >= 15 is 0 Å². The minimum absolute atomic E-state index is 0.000321. The van der Waals surface area contributed by atoms with Gasteiger partial charge in [-0.2, -0.15) is 0 Å². The lowest BCUT2D eigenvalue weighted by Crippen LogP contribution is -2.10. The SMILES string of the molecule is Cc1cc(-c2nnc(NC(=O)c3ccco3)o2)c(C)o1. The number of hydrogen-bond donors (Lipinski definition) is 1. The number of aromatic nitrogens is 2. The molecule has 0 fully saturated rings. The van der Waals surface area contributed by atoms with E-state index in [-0.39, 0.29) is 17.7 Å². The van der Waals surface area contributed by atoms with Crippen molar-refractivity contribution in [3.8, 4) is 11.5 Å². The molecule has 0 aromatic carbocycles. The van der Waals surface area contributed by atoms with Crippen molar-refractivity contribution < 1.29 is 18.0 Å². The fourth-order valence-corrected chi connectivity index (χ4v) is 1.79. The van der Waals surface area contributed by atoms with Crippen molar-refractivity contribution in [1.29, 1.82) is 0 Å². The molecule has 3 aromatic rings. The van der Waals surface area contributed by atoms with Gasteiger partial charge in [0.25, 0.3) is 11.8 Å². The third-order valence-corrected chi connectivity index (χ3v) is 2.66. The van der Waals surface area contributed by atoms with Crippen molar-refractivity contribution in [2.75, 3.05) is 5.32 Å². The molecule has 0 spiro atoms. The monoisotopic (exact) mass is 273 g/mol. The lowest BCUT2D eigenvalue weighted by Gasteiger charge is -1.95. The summed E-state index contributed by atoms with van der Waals surface area (Å²) in [5, 5.41) is 10.1. The number of carbonyl (C=O) groups is 1. The Morgan fingerprint density at radius 1 is 1.25 bits per heavy atom. The van der Waals surface area contributed by atoms with Crippen LogP contribution in [0.1, 0.15) is 22.1 Å². The highest BCUT2D eigenvalue weighted by Gasteiger charge is 2.17. The number of carbonyl (C=O) groups excluding carboxylic acids is 1. The maximum Gasteiger partial charge on any atom is 0.322 e. The molecule has 0 unspecified atom stereocenters. The van der Waals surface area contributed by atoms with Crippen LogP contribution in [0.2, 0.25) is 0 Å². The van der Waals surface area contributed by atoms with Gasteiger partial charge in [0.1, 0.15) is 11.5 Å². The van der Waals surface area contributed by atoms with E-state index < -0.39 is 5.91 Å². The third kappa shape index (κ3) is 2.20. The minimum Gasteiger partial charge on any atom is -0.466 e. The molecule has 0 saturated heterocycles. The Bertz CT molecular complexity index is 740. The fraction of sp³-hybridized carbons (Fsp3) is 0.154. The number of aryl methyl sites for hydroxylation is 2. The van der Waals surface area contributed by atoms with Gasteiger partial charge in [-0.05, 0) is 32.0 Å². The first-order valence-corrected chi connectivity index (χ1v) is 5.89. The highest BCUT2D eigenvalue weighted by molar-refractivity contribution is 6.00. The van der Waals surface area contributed by atoms with Gasteiger partial charge in [0, 0.05) is 0 Å². The average molecular weight is 273 g/mol. The van der Waals surface area contributed by atoms with Gasteiger partial charge in [0.05, 0.1) is 11.8 Å². The van der Waals surface area contributed by atoms with Crippen molar-refractivity contribution in [2.45, 2.75) is 13.8 Å². The number of anilines is 1. The quantitative estimate of drug-likeness (QED) is 0.788. The van der Waals surface area contributed by atoms with Crippen LogP contribution in [0.25, 0.3) is 11.5 Å². The van der Waals surface area contributed by atoms with Crippen molar-refractivity contribution in [3.05, 3.63) is 41.7 Å². The van der Waals surface area contributed by atoms with Crippen LogP contribution in [0, 0.1) is 13.8 Å². The smallest absolute Gasteiger partial charge is 0.322 e. The zero-order chi connectivity index (χ0) is 14.1. The Hall–Kier alpha value is -2.83. The van der Waals surface area contributed by atoms with Gasteiger partial charge in [-0.25, -0.2) is 0 Å². The molecular weight excluding hydrogens is 262 g/mol. The second-order valence-corrected chi connectivity index (χ2v) is 4.17. The Morgan fingerprint density at radius 2 is 2.10 bits per heavy atom. The van der Waals surface area contributed by atoms with Crippen LogP contribution in [0.15, 0.2) is 37.7 Å². The predicted molar refractivity (Wildman–Crippen MR) is 68.1 cm³/mol. The molecule has 102 valence electrons. The standard InChI is InChI=1S/C13H11N3O4/c1-7-6-9(8(2)19-7)12-15-16-13(20-12)14-11(17)10-4-3-5-18-10/h3-6H,1-2H3,(H,14,16,17). The van der Waals surface area contributed by atoms with Crippen LogP contribution in [-0.2, 0) is 0 Å². The first-order valence-electron chi connectivity index (χ1n) is 5.89. The molecule has 1 amide bonds. The summed E-state index contributed by atoms with van der Waals surface area (Å²) in [6, 6.07) is 4.95. The van der Waals surface area contributed by atoms with Crippen LogP contribution in [0.5, 0.6) is 0 Å². The van der Waals surface area contributed by atoms with Crippen molar-refractivity contribution >= 4 is 11.9 Å². The molecule has 0 saturated carbocycles. The number of nitrogens with zero attached hydrogens (tertiary/aromatic N) is 2. The summed E-state index contributed by atoms with van der Waals surface area (Å²) in [7, 11) is 0. The molecule has 0 aliphatic carbocycles. The Balaban J connectivity index is 1.81. The number of rotatable bonds is 3. The number of furan rings is 2. The second kappa shape index (κ2) is 4.69. The van der Waals surface area contributed by atoms with E-state index in [2.05, 4.69) is 15.5 Å². The van der Waals surface area contributed by atoms with Crippen molar-refractivity contribution in [1.82, 2.24) is 10.2 Å². The number of hydrogen-bond acceptors (Lipinski definition) is 6. The predicted octanol–water partition coefficient (Wildman–Crippen LogP) is 2.79. The summed E-state index contributed by atoms with van der Waals surface area (Å²) < 4.78 is 15.7. The maximum absolute atomic E-state index is 11.7. The molecule has 20 heavy (non-hydrogen) atoms. The van der Waals surface area contributed by atoms with E-state index in [0.29, 0.717) is 11.3 Å². The Morgan fingerprint density at radius 3 is 2.75 bits per heavy atom. The second-order valence-electron chi connectivity index (χ2n) is 4.17. The summed E-state index contributed by atoms with van der Waals surface area (Å²) in [5.74, 6) is 1.42. The van der Waals surface area contributed by atoms with Gasteiger partial charge < -0.3 is 13.3 Å². The van der Waals surface area contributed by atoms with Gasteiger partial charge >= 0.3 is 6.01 Å². The Kier molecular flexibility index (Phi) is 2.86. The lowest BCUT2D eigenvalue weighted by molar-refractivity contribution is 0.0994. The summed E-state index contributed by atoms with van der Waals surface area (Å²) in [5.41, 5.74) is 0.702. The van der Waals surface area contributed by atoms with Gasteiger partial charge in [0.15, 0.2) is 5.76 Å². The fourth-order valence-electron chi connectivity index (χ4n) is 1.79. The normalized spacial score (nSPS) is 10.7. The first-order chi connectivity index (χ1) is 9.63. The van der Waals surface area contributed by atoms with Gasteiger partial charge in [-0.1, -0.05) is 5.10 Å². The molecule has 0 aliphatic rings. The zero-order valence-corrected chi connectivity index (χ0v) is 10.8. The van der Waals surface area contributed by atoms with Crippen LogP contribution in [-0.4, -0.2) is 16.1 Å². The van der Waals surface area contributed by atoms with Crippen LogP contribution in [0.4, 0.5) is 6.01 Å². The van der Waals surface area contributed by atoms with Crippen LogP contribution < -0.4 is 5.32 Å². The molecule has 7 nitrogen and oxygen atoms in total. The van der Waals surface area contributed by atoms with E-state index in [1.807, 2.05) is 6.92 Å². The van der Waals surface area contributed by atoms with Gasteiger partial charge in [0.2, 0.25) is 0 Å². The van der Waals surface area contributed by atoms with Gasteiger partial charge in [-0.3, -0.25) is 10.1 Å². The molecule has 0 atom stereocenters. The minimum atomic E-state index is -0.453. The first kappa shape index (κ1) is 12.2. The highest BCUT2D eigenvalue weighted by Crippen LogP contribution is 2.26. The molecular formula is C13H11N3O4. The molecule has 3 heterocycles. The van der Waals surface area contributed by atoms with Gasteiger partial charge in [-0.15, -0.1) is 5.10 Å². The summed E-state index contributed by atoms with van der Waals surface area (Å²) in [6.07, 6.45) is 1.41. The average Bonchev–Trinajstić information content (AvgIpc) is 3.10. The summed E-state index contributed by atoms with van der Waals surface area (Å²) in [4.78, 5) is 11.7. The van der Waals surface area contributed by atoms with E-state index in [4.69, 9.17) is 13.3 Å². The van der Waals surface area contributed by atoms with E-state index in [0.717, 1.165) is 5.76 Å². The molecule has 7 heteroatoms. The maximum atomic E-state index is 11.7. The zero-order valence-electron chi connectivity index (χ0n) is 10.8. The lowest BCUT2D eigenvalue weighted by atomic mass is 10.2. The Labute approximate surface area is 113 Å². The number of amides is 1.